The molecular formula is C15H13BrN4. The lowest BCUT2D eigenvalue weighted by Gasteiger charge is -2.10. The van der Waals surface area contributed by atoms with Crippen molar-refractivity contribution in [2.75, 3.05) is 0 Å². The zero-order chi connectivity index (χ0) is 13.8. The molecule has 3 rings (SSSR count). The third kappa shape index (κ3) is 2.77. The summed E-state index contributed by atoms with van der Waals surface area (Å²) in [5.41, 5.74) is 2.19. The molecule has 1 aromatic heterocycles. The molecule has 2 aromatic carbocycles. The van der Waals surface area contributed by atoms with E-state index in [0.717, 1.165) is 17.9 Å². The summed E-state index contributed by atoms with van der Waals surface area (Å²) >= 11 is 3.71. The van der Waals surface area contributed by atoms with Crippen molar-refractivity contribution >= 4 is 15.9 Å². The van der Waals surface area contributed by atoms with Gasteiger partial charge in [0.25, 0.3) is 0 Å². The van der Waals surface area contributed by atoms with Gasteiger partial charge in [-0.1, -0.05) is 64.5 Å². The Balaban J connectivity index is 1.84. The van der Waals surface area contributed by atoms with Gasteiger partial charge in [0.05, 0.1) is 5.69 Å². The van der Waals surface area contributed by atoms with E-state index in [1.165, 1.54) is 5.56 Å². The van der Waals surface area contributed by atoms with Gasteiger partial charge in [0.2, 0.25) is 0 Å². The Morgan fingerprint density at radius 3 is 2.30 bits per heavy atom. The number of aromatic nitrogens is 4. The maximum Gasteiger partial charge on any atom is 0.158 e. The van der Waals surface area contributed by atoms with Gasteiger partial charge in [-0.25, -0.2) is 0 Å². The maximum atomic E-state index is 4.13. The summed E-state index contributed by atoms with van der Waals surface area (Å²) in [6.45, 7) is 0. The molecule has 1 heterocycles. The van der Waals surface area contributed by atoms with E-state index >= 15 is 0 Å². The van der Waals surface area contributed by atoms with Gasteiger partial charge >= 0.3 is 0 Å². The lowest BCUT2D eigenvalue weighted by atomic mass is 10.1. The van der Waals surface area contributed by atoms with Crippen LogP contribution in [0.15, 0.2) is 60.7 Å². The largest absolute Gasteiger partial charge is 0.197 e. The number of hydrogen-bond donors (Lipinski definition) is 0. The molecule has 0 saturated heterocycles. The maximum absolute atomic E-state index is 4.13. The summed E-state index contributed by atoms with van der Waals surface area (Å²) in [5.74, 6) is 0.835. The molecule has 4 nitrogen and oxygen atoms in total. The van der Waals surface area contributed by atoms with Gasteiger partial charge in [-0.15, -0.1) is 5.10 Å². The Hall–Kier alpha value is -2.01. The Morgan fingerprint density at radius 2 is 1.60 bits per heavy atom. The molecular weight excluding hydrogens is 316 g/mol. The number of para-hydroxylation sites is 1. The summed E-state index contributed by atoms with van der Waals surface area (Å²) in [6.07, 6.45) is 0.728. The van der Waals surface area contributed by atoms with Crippen LogP contribution in [-0.4, -0.2) is 20.2 Å². The molecule has 100 valence electrons. The second kappa shape index (κ2) is 5.96. The first-order valence-corrected chi connectivity index (χ1v) is 7.28. The van der Waals surface area contributed by atoms with Crippen LogP contribution in [0, 0.1) is 0 Å². The summed E-state index contributed by atoms with van der Waals surface area (Å²) in [5, 5.41) is 12.0. The molecule has 0 N–H and O–H groups in total. The molecule has 0 radical (unpaired) electrons. The predicted molar refractivity (Wildman–Crippen MR) is 81.0 cm³/mol. The van der Waals surface area contributed by atoms with Crippen molar-refractivity contribution in [3.63, 3.8) is 0 Å². The predicted octanol–water partition coefficient (Wildman–Crippen LogP) is 3.34. The van der Waals surface area contributed by atoms with Crippen LogP contribution in [0.1, 0.15) is 16.2 Å². The van der Waals surface area contributed by atoms with E-state index in [0.29, 0.717) is 0 Å². The Kier molecular flexibility index (Phi) is 3.87. The van der Waals surface area contributed by atoms with E-state index in [4.69, 9.17) is 0 Å². The van der Waals surface area contributed by atoms with Crippen LogP contribution in [-0.2, 0) is 6.42 Å². The fourth-order valence-corrected chi connectivity index (χ4v) is 2.64. The second-order valence-electron chi connectivity index (χ2n) is 4.42. The SMILES string of the molecule is BrC(Cc1nnnn1-c1ccccc1)c1ccccc1. The molecule has 0 aliphatic rings. The third-order valence-electron chi connectivity index (χ3n) is 3.06. The van der Waals surface area contributed by atoms with Crippen molar-refractivity contribution in [1.29, 1.82) is 0 Å². The fraction of sp³-hybridized carbons (Fsp3) is 0.133. The molecule has 0 aliphatic heterocycles. The Morgan fingerprint density at radius 1 is 0.950 bits per heavy atom. The average Bonchev–Trinajstić information content (AvgIpc) is 2.97. The monoisotopic (exact) mass is 328 g/mol. The van der Waals surface area contributed by atoms with Gasteiger partial charge in [-0.05, 0) is 28.1 Å². The summed E-state index contributed by atoms with van der Waals surface area (Å²) in [6, 6.07) is 20.2. The lowest BCUT2D eigenvalue weighted by Crippen LogP contribution is -2.06. The van der Waals surface area contributed by atoms with E-state index < -0.39 is 0 Å². The molecule has 5 heteroatoms. The minimum atomic E-state index is 0.192. The summed E-state index contributed by atoms with van der Waals surface area (Å²) in [4.78, 5) is 0.192. The molecule has 3 aromatic rings. The van der Waals surface area contributed by atoms with Gasteiger partial charge in [0.15, 0.2) is 5.82 Å². The Bertz CT molecular complexity index is 667. The van der Waals surface area contributed by atoms with Gasteiger partial charge in [0, 0.05) is 11.2 Å². The van der Waals surface area contributed by atoms with Crippen LogP contribution < -0.4 is 0 Å². The number of tetrazole rings is 1. The number of rotatable bonds is 4. The van der Waals surface area contributed by atoms with Crippen molar-refractivity contribution in [3.8, 4) is 5.69 Å². The highest BCUT2D eigenvalue weighted by atomic mass is 79.9. The molecule has 0 aliphatic carbocycles. The average molecular weight is 329 g/mol. The van der Waals surface area contributed by atoms with Crippen LogP contribution in [0.2, 0.25) is 0 Å². The lowest BCUT2D eigenvalue weighted by molar-refractivity contribution is 0.750. The number of nitrogens with zero attached hydrogens (tertiary/aromatic N) is 4. The van der Waals surface area contributed by atoms with Crippen molar-refractivity contribution in [2.24, 2.45) is 0 Å². The number of alkyl halides is 1. The topological polar surface area (TPSA) is 43.6 Å². The number of benzene rings is 2. The fourth-order valence-electron chi connectivity index (χ4n) is 2.04. The summed E-state index contributed by atoms with van der Waals surface area (Å²) < 4.78 is 1.78. The zero-order valence-electron chi connectivity index (χ0n) is 10.7. The highest BCUT2D eigenvalue weighted by Crippen LogP contribution is 2.26. The molecule has 1 atom stereocenters. The van der Waals surface area contributed by atoms with Crippen LogP contribution in [0.4, 0.5) is 0 Å². The second-order valence-corrected chi connectivity index (χ2v) is 5.53. The third-order valence-corrected chi connectivity index (χ3v) is 3.91. The van der Waals surface area contributed by atoms with Crippen LogP contribution in [0.5, 0.6) is 0 Å². The molecule has 0 saturated carbocycles. The molecule has 0 amide bonds. The van der Waals surface area contributed by atoms with Crippen molar-refractivity contribution in [1.82, 2.24) is 20.2 Å². The van der Waals surface area contributed by atoms with Crippen molar-refractivity contribution in [3.05, 3.63) is 72.1 Å². The minimum absolute atomic E-state index is 0.192. The van der Waals surface area contributed by atoms with Gasteiger partial charge in [-0.3, -0.25) is 0 Å². The van der Waals surface area contributed by atoms with Crippen molar-refractivity contribution in [2.45, 2.75) is 11.2 Å². The smallest absolute Gasteiger partial charge is 0.158 e. The molecule has 0 spiro atoms. The summed E-state index contributed by atoms with van der Waals surface area (Å²) in [7, 11) is 0. The van der Waals surface area contributed by atoms with Gasteiger partial charge in [-0.2, -0.15) is 4.68 Å². The quantitative estimate of drug-likeness (QED) is 0.690. The molecule has 20 heavy (non-hydrogen) atoms. The molecule has 0 bridgehead atoms. The van der Waals surface area contributed by atoms with E-state index in [1.807, 2.05) is 48.5 Å². The molecule has 0 fully saturated rings. The first-order valence-electron chi connectivity index (χ1n) is 6.36. The van der Waals surface area contributed by atoms with E-state index in [1.54, 1.807) is 4.68 Å². The standard InChI is InChI=1S/C15H13BrN4/c16-14(12-7-3-1-4-8-12)11-15-17-18-19-20(15)13-9-5-2-6-10-13/h1-10,14H,11H2. The van der Waals surface area contributed by atoms with Crippen LogP contribution in [0.3, 0.4) is 0 Å². The Labute approximate surface area is 125 Å². The van der Waals surface area contributed by atoms with Gasteiger partial charge < -0.3 is 0 Å². The van der Waals surface area contributed by atoms with Gasteiger partial charge in [0.1, 0.15) is 0 Å². The van der Waals surface area contributed by atoms with Crippen LogP contribution >= 0.6 is 15.9 Å². The van der Waals surface area contributed by atoms with E-state index in [-0.39, 0.29) is 4.83 Å². The number of hydrogen-bond acceptors (Lipinski definition) is 3. The molecule has 1 unspecified atom stereocenters. The first-order chi connectivity index (χ1) is 9.84. The van der Waals surface area contributed by atoms with Crippen molar-refractivity contribution < 1.29 is 0 Å². The normalized spacial score (nSPS) is 12.2. The van der Waals surface area contributed by atoms with E-state index in [9.17, 15) is 0 Å². The van der Waals surface area contributed by atoms with E-state index in [2.05, 4.69) is 43.6 Å². The minimum Gasteiger partial charge on any atom is -0.197 e. The number of halogens is 1. The highest BCUT2D eigenvalue weighted by molar-refractivity contribution is 9.09. The zero-order valence-corrected chi connectivity index (χ0v) is 12.3. The highest BCUT2D eigenvalue weighted by Gasteiger charge is 2.14. The van der Waals surface area contributed by atoms with Crippen LogP contribution in [0.25, 0.3) is 5.69 Å². The first kappa shape index (κ1) is 13.0.